The van der Waals surface area contributed by atoms with Crippen LogP contribution in [0.4, 0.5) is 0 Å². The highest BCUT2D eigenvalue weighted by Crippen LogP contribution is 2.28. The van der Waals surface area contributed by atoms with Crippen LogP contribution in [0.15, 0.2) is 47.8 Å². The van der Waals surface area contributed by atoms with E-state index in [0.717, 1.165) is 10.8 Å². The van der Waals surface area contributed by atoms with Gasteiger partial charge in [0.05, 0.1) is 30.9 Å². The Kier molecular flexibility index (Phi) is 6.25. The predicted octanol–water partition coefficient (Wildman–Crippen LogP) is 4.06. The van der Waals surface area contributed by atoms with E-state index in [1.165, 1.54) is 36.1 Å². The number of aryl methyl sites for hydroxylation is 1. The van der Waals surface area contributed by atoms with Gasteiger partial charge in [-0.1, -0.05) is 17.7 Å². The number of ether oxygens (including phenoxy) is 3. The summed E-state index contributed by atoms with van der Waals surface area (Å²) in [6, 6.07) is 14.4. The molecule has 0 aliphatic carbocycles. The molecule has 6 nitrogen and oxygen atoms in total. The normalized spacial score (nSPS) is 10.2. The molecule has 1 heterocycles. The van der Waals surface area contributed by atoms with Gasteiger partial charge in [0.2, 0.25) is 0 Å². The van der Waals surface area contributed by atoms with Crippen molar-refractivity contribution >= 4 is 17.3 Å². The first-order chi connectivity index (χ1) is 13.6. The van der Waals surface area contributed by atoms with E-state index in [4.69, 9.17) is 19.5 Å². The molecule has 0 aliphatic heterocycles. The van der Waals surface area contributed by atoms with Crippen LogP contribution in [-0.2, 0) is 17.8 Å². The van der Waals surface area contributed by atoms with Gasteiger partial charge >= 0.3 is 5.97 Å². The highest BCUT2D eigenvalue weighted by molar-refractivity contribution is 7.09. The van der Waals surface area contributed by atoms with Crippen molar-refractivity contribution in [3.05, 3.63) is 69.7 Å². The lowest BCUT2D eigenvalue weighted by Gasteiger charge is -2.08. The van der Waals surface area contributed by atoms with Crippen LogP contribution in [0, 0.1) is 18.3 Å². The van der Waals surface area contributed by atoms with Crippen LogP contribution < -0.4 is 14.2 Å². The minimum absolute atomic E-state index is 0.0319. The molecule has 3 rings (SSSR count). The molecule has 2 aromatic carbocycles. The molecular weight excluding hydrogens is 376 g/mol. The van der Waals surface area contributed by atoms with Crippen molar-refractivity contribution in [3.8, 4) is 23.3 Å². The average molecular weight is 394 g/mol. The number of hydrogen-bond donors (Lipinski definition) is 0. The summed E-state index contributed by atoms with van der Waals surface area (Å²) < 4.78 is 16.2. The van der Waals surface area contributed by atoms with Gasteiger partial charge in [0.25, 0.3) is 0 Å². The van der Waals surface area contributed by atoms with Gasteiger partial charge in [-0.3, -0.25) is 4.79 Å². The summed E-state index contributed by atoms with van der Waals surface area (Å²) >= 11 is 1.43. The second-order valence-electron chi connectivity index (χ2n) is 5.96. The Morgan fingerprint density at radius 1 is 1.18 bits per heavy atom. The van der Waals surface area contributed by atoms with Gasteiger partial charge < -0.3 is 14.2 Å². The number of carbonyl (C=O) groups is 1. The van der Waals surface area contributed by atoms with E-state index in [2.05, 4.69) is 4.98 Å². The zero-order chi connectivity index (χ0) is 19.9. The van der Waals surface area contributed by atoms with Crippen molar-refractivity contribution in [1.29, 1.82) is 5.26 Å². The number of thiazole rings is 1. The van der Waals surface area contributed by atoms with Crippen molar-refractivity contribution in [2.24, 2.45) is 0 Å². The van der Waals surface area contributed by atoms with Gasteiger partial charge in [-0.05, 0) is 31.2 Å². The smallest absolute Gasteiger partial charge is 0.317 e. The van der Waals surface area contributed by atoms with Crippen LogP contribution in [0.2, 0.25) is 0 Å². The van der Waals surface area contributed by atoms with Crippen molar-refractivity contribution < 1.29 is 19.0 Å². The summed E-state index contributed by atoms with van der Waals surface area (Å²) in [5, 5.41) is 11.5. The van der Waals surface area contributed by atoms with E-state index < -0.39 is 5.97 Å². The van der Waals surface area contributed by atoms with E-state index in [-0.39, 0.29) is 12.2 Å². The molecule has 7 heteroatoms. The lowest BCUT2D eigenvalue weighted by Crippen LogP contribution is -2.12. The standard InChI is InChI=1S/C21H18N2O4S/c1-14-3-6-17(7-4-14)26-12-20-23-16(13-28-20)10-21(24)27-18-8-5-15(11-22)9-19(18)25-2/h3-9,13H,10,12H2,1-2H3. The predicted molar refractivity (Wildman–Crippen MR) is 105 cm³/mol. The Hall–Kier alpha value is -3.37. The highest BCUT2D eigenvalue weighted by Gasteiger charge is 2.14. The minimum atomic E-state index is -0.459. The summed E-state index contributed by atoms with van der Waals surface area (Å²) in [5.41, 5.74) is 2.21. The number of hydrogen-bond acceptors (Lipinski definition) is 7. The SMILES string of the molecule is COc1cc(C#N)ccc1OC(=O)Cc1csc(COc2ccc(C)cc2)n1. The van der Waals surface area contributed by atoms with Gasteiger partial charge in [-0.15, -0.1) is 11.3 Å². The Labute approximate surface area is 166 Å². The Morgan fingerprint density at radius 2 is 1.96 bits per heavy atom. The molecule has 0 N–H and O–H groups in total. The lowest BCUT2D eigenvalue weighted by molar-refractivity contribution is -0.133. The third-order valence-electron chi connectivity index (χ3n) is 3.82. The largest absolute Gasteiger partial charge is 0.493 e. The first kappa shape index (κ1) is 19.4. The molecule has 1 aromatic heterocycles. The van der Waals surface area contributed by atoms with Crippen molar-refractivity contribution in [2.75, 3.05) is 7.11 Å². The maximum atomic E-state index is 12.2. The minimum Gasteiger partial charge on any atom is -0.493 e. The summed E-state index contributed by atoms with van der Waals surface area (Å²) in [6.45, 7) is 2.36. The Bertz CT molecular complexity index is 1010. The molecule has 0 spiro atoms. The zero-order valence-corrected chi connectivity index (χ0v) is 16.3. The van der Waals surface area contributed by atoms with Crippen LogP contribution >= 0.6 is 11.3 Å². The number of benzene rings is 2. The molecule has 0 unspecified atom stereocenters. The van der Waals surface area contributed by atoms with Crippen molar-refractivity contribution in [2.45, 2.75) is 20.0 Å². The number of carbonyl (C=O) groups excluding carboxylic acids is 1. The highest BCUT2D eigenvalue weighted by atomic mass is 32.1. The quantitative estimate of drug-likeness (QED) is 0.444. The first-order valence-corrected chi connectivity index (χ1v) is 9.37. The van der Waals surface area contributed by atoms with Gasteiger partial charge in [0.1, 0.15) is 17.4 Å². The van der Waals surface area contributed by atoms with Gasteiger partial charge in [0, 0.05) is 11.4 Å². The molecule has 0 atom stereocenters. The fourth-order valence-corrected chi connectivity index (χ4v) is 3.11. The van der Waals surface area contributed by atoms with Crippen LogP contribution in [0.5, 0.6) is 17.2 Å². The van der Waals surface area contributed by atoms with Crippen LogP contribution in [-0.4, -0.2) is 18.1 Å². The molecule has 0 saturated carbocycles. The molecule has 0 amide bonds. The van der Waals surface area contributed by atoms with Crippen molar-refractivity contribution in [3.63, 3.8) is 0 Å². The molecule has 0 radical (unpaired) electrons. The van der Waals surface area contributed by atoms with E-state index in [1.54, 1.807) is 6.07 Å². The molecule has 142 valence electrons. The van der Waals surface area contributed by atoms with Crippen LogP contribution in [0.3, 0.4) is 0 Å². The van der Waals surface area contributed by atoms with Gasteiger partial charge in [-0.25, -0.2) is 4.98 Å². The van der Waals surface area contributed by atoms with Crippen molar-refractivity contribution in [1.82, 2.24) is 4.98 Å². The van der Waals surface area contributed by atoms with Gasteiger partial charge in [0.15, 0.2) is 11.5 Å². The fraction of sp³-hybridized carbons (Fsp3) is 0.190. The molecular formula is C21H18N2O4S. The lowest BCUT2D eigenvalue weighted by atomic mass is 10.2. The number of nitrogens with zero attached hydrogens (tertiary/aromatic N) is 2. The molecule has 0 saturated heterocycles. The molecule has 0 aliphatic rings. The second kappa shape index (κ2) is 9.02. The fourth-order valence-electron chi connectivity index (χ4n) is 2.40. The molecule has 3 aromatic rings. The first-order valence-electron chi connectivity index (χ1n) is 8.49. The third-order valence-corrected chi connectivity index (χ3v) is 4.70. The van der Waals surface area contributed by atoms with E-state index in [1.807, 2.05) is 42.6 Å². The second-order valence-corrected chi connectivity index (χ2v) is 6.91. The third kappa shape index (κ3) is 5.09. The van der Waals surface area contributed by atoms with Crippen LogP contribution in [0.25, 0.3) is 0 Å². The van der Waals surface area contributed by atoms with E-state index in [9.17, 15) is 4.79 Å². The molecule has 0 bridgehead atoms. The van der Waals surface area contributed by atoms with E-state index >= 15 is 0 Å². The molecule has 0 fully saturated rings. The summed E-state index contributed by atoms with van der Waals surface area (Å²) in [7, 11) is 1.45. The number of methoxy groups -OCH3 is 1. The average Bonchev–Trinajstić information content (AvgIpc) is 3.15. The maximum Gasteiger partial charge on any atom is 0.317 e. The van der Waals surface area contributed by atoms with E-state index in [0.29, 0.717) is 23.6 Å². The summed E-state index contributed by atoms with van der Waals surface area (Å²) in [6.07, 6.45) is 0.0319. The summed E-state index contributed by atoms with van der Waals surface area (Å²) in [4.78, 5) is 16.6. The number of esters is 1. The maximum absolute atomic E-state index is 12.2. The van der Waals surface area contributed by atoms with Crippen LogP contribution in [0.1, 0.15) is 21.8 Å². The number of aromatic nitrogens is 1. The number of rotatable bonds is 7. The summed E-state index contributed by atoms with van der Waals surface area (Å²) in [5.74, 6) is 0.913. The monoisotopic (exact) mass is 394 g/mol. The Morgan fingerprint density at radius 3 is 2.68 bits per heavy atom. The molecule has 28 heavy (non-hydrogen) atoms. The topological polar surface area (TPSA) is 81.4 Å². The zero-order valence-electron chi connectivity index (χ0n) is 15.5. The van der Waals surface area contributed by atoms with Gasteiger partial charge in [-0.2, -0.15) is 5.26 Å². The number of nitriles is 1. The Balaban J connectivity index is 1.56.